The number of benzene rings is 2. The lowest BCUT2D eigenvalue weighted by Crippen LogP contribution is -2.48. The molecule has 6 nitrogen and oxygen atoms in total. The lowest BCUT2D eigenvalue weighted by atomic mass is 9.88. The van der Waals surface area contributed by atoms with Crippen LogP contribution < -0.4 is 9.80 Å². The highest BCUT2D eigenvalue weighted by molar-refractivity contribution is 6.24. The lowest BCUT2D eigenvalue weighted by Gasteiger charge is -2.33. The maximum Gasteiger partial charge on any atom is 0.329 e. The van der Waals surface area contributed by atoms with Crippen molar-refractivity contribution in [1.82, 2.24) is 0 Å². The summed E-state index contributed by atoms with van der Waals surface area (Å²) in [4.78, 5) is 42.8. The smallest absolute Gasteiger partial charge is 0.329 e. The first-order chi connectivity index (χ1) is 14.0. The predicted octanol–water partition coefficient (Wildman–Crippen LogP) is 2.94. The van der Waals surface area contributed by atoms with Gasteiger partial charge in [0.25, 0.3) is 0 Å². The van der Waals surface area contributed by atoms with Crippen molar-refractivity contribution in [3.63, 3.8) is 0 Å². The molecule has 4 rings (SSSR count). The SMILES string of the molecule is CC[C@H]1[C@@H]2C(=O)N(c3ccc(C)cc3)C(=O)[C@@H]2[C@H](C(=O)OC)N1c1ccccc1. The van der Waals surface area contributed by atoms with Crippen LogP contribution in [0.4, 0.5) is 11.4 Å². The van der Waals surface area contributed by atoms with Gasteiger partial charge in [-0.3, -0.25) is 9.59 Å². The topological polar surface area (TPSA) is 66.9 Å². The van der Waals surface area contributed by atoms with Crippen LogP contribution in [-0.2, 0) is 19.1 Å². The lowest BCUT2D eigenvalue weighted by molar-refractivity contribution is -0.144. The molecule has 150 valence electrons. The maximum atomic E-state index is 13.4. The summed E-state index contributed by atoms with van der Waals surface area (Å²) in [5, 5.41) is 0. The van der Waals surface area contributed by atoms with E-state index in [0.29, 0.717) is 12.1 Å². The van der Waals surface area contributed by atoms with Gasteiger partial charge in [-0.2, -0.15) is 0 Å². The summed E-state index contributed by atoms with van der Waals surface area (Å²) < 4.78 is 5.06. The van der Waals surface area contributed by atoms with Crippen LogP contribution in [0.3, 0.4) is 0 Å². The minimum atomic E-state index is -0.829. The number of rotatable bonds is 4. The number of hydrogen-bond donors (Lipinski definition) is 0. The van der Waals surface area contributed by atoms with Crippen LogP contribution in [0.5, 0.6) is 0 Å². The molecule has 2 fully saturated rings. The van der Waals surface area contributed by atoms with Crippen LogP contribution in [-0.4, -0.2) is 37.0 Å². The van der Waals surface area contributed by atoms with Gasteiger partial charge in [-0.15, -0.1) is 0 Å². The average molecular weight is 392 g/mol. The number of imide groups is 1. The van der Waals surface area contributed by atoms with Gasteiger partial charge in [0.1, 0.15) is 6.04 Å². The highest BCUT2D eigenvalue weighted by atomic mass is 16.5. The van der Waals surface area contributed by atoms with Crippen molar-refractivity contribution < 1.29 is 19.1 Å². The van der Waals surface area contributed by atoms with Crippen molar-refractivity contribution in [2.24, 2.45) is 11.8 Å². The Hall–Kier alpha value is -3.15. The zero-order chi connectivity index (χ0) is 20.7. The molecule has 2 aliphatic rings. The molecule has 2 saturated heterocycles. The highest BCUT2D eigenvalue weighted by Crippen LogP contribution is 2.47. The number of nitrogens with zero attached hydrogens (tertiary/aromatic N) is 2. The van der Waals surface area contributed by atoms with Gasteiger partial charge in [-0.1, -0.05) is 42.8 Å². The Morgan fingerprint density at radius 3 is 2.14 bits per heavy atom. The third kappa shape index (κ3) is 2.90. The summed E-state index contributed by atoms with van der Waals surface area (Å²) in [6.07, 6.45) is 0.629. The molecule has 2 aromatic carbocycles. The van der Waals surface area contributed by atoms with Gasteiger partial charge >= 0.3 is 5.97 Å². The normalized spacial score (nSPS) is 26.0. The van der Waals surface area contributed by atoms with Crippen LogP contribution in [0.2, 0.25) is 0 Å². The van der Waals surface area contributed by atoms with Crippen LogP contribution >= 0.6 is 0 Å². The van der Waals surface area contributed by atoms with Gasteiger partial charge in [-0.05, 0) is 37.6 Å². The Kier molecular flexibility index (Phi) is 4.86. The monoisotopic (exact) mass is 392 g/mol. The quantitative estimate of drug-likeness (QED) is 0.591. The second-order valence-corrected chi connectivity index (χ2v) is 7.59. The molecule has 4 atom stereocenters. The highest BCUT2D eigenvalue weighted by Gasteiger charge is 2.64. The second-order valence-electron chi connectivity index (χ2n) is 7.59. The van der Waals surface area contributed by atoms with E-state index in [9.17, 15) is 14.4 Å². The summed E-state index contributed by atoms with van der Waals surface area (Å²) >= 11 is 0. The molecule has 2 aromatic rings. The minimum absolute atomic E-state index is 0.247. The molecule has 29 heavy (non-hydrogen) atoms. The van der Waals surface area contributed by atoms with E-state index < -0.39 is 23.8 Å². The van der Waals surface area contributed by atoms with E-state index in [2.05, 4.69) is 0 Å². The Morgan fingerprint density at radius 2 is 1.55 bits per heavy atom. The molecule has 0 radical (unpaired) electrons. The molecule has 0 N–H and O–H groups in total. The average Bonchev–Trinajstić information content (AvgIpc) is 3.22. The van der Waals surface area contributed by atoms with E-state index in [1.54, 1.807) is 12.1 Å². The Morgan fingerprint density at radius 1 is 0.931 bits per heavy atom. The number of carbonyl (C=O) groups is 3. The molecule has 0 aliphatic carbocycles. The first-order valence-electron chi connectivity index (χ1n) is 9.85. The van der Waals surface area contributed by atoms with Gasteiger partial charge in [0, 0.05) is 11.7 Å². The zero-order valence-electron chi connectivity index (χ0n) is 16.7. The van der Waals surface area contributed by atoms with Crippen molar-refractivity contribution in [3.05, 3.63) is 60.2 Å². The second kappa shape index (κ2) is 7.35. The van der Waals surface area contributed by atoms with Crippen molar-refractivity contribution in [2.45, 2.75) is 32.4 Å². The molecular formula is C23H24N2O4. The van der Waals surface area contributed by atoms with Crippen LogP contribution in [0.25, 0.3) is 0 Å². The van der Waals surface area contributed by atoms with Gasteiger partial charge < -0.3 is 9.64 Å². The number of methoxy groups -OCH3 is 1. The zero-order valence-corrected chi connectivity index (χ0v) is 16.7. The summed E-state index contributed by atoms with van der Waals surface area (Å²) in [5.74, 6) is -2.43. The number of esters is 1. The van der Waals surface area contributed by atoms with E-state index >= 15 is 0 Å². The molecule has 0 aromatic heterocycles. The first-order valence-corrected chi connectivity index (χ1v) is 9.85. The predicted molar refractivity (Wildman–Crippen MR) is 109 cm³/mol. The summed E-state index contributed by atoms with van der Waals surface area (Å²) in [5.41, 5.74) is 2.40. The minimum Gasteiger partial charge on any atom is -0.467 e. The molecule has 2 heterocycles. The fourth-order valence-electron chi connectivity index (χ4n) is 4.73. The molecule has 0 spiro atoms. The van der Waals surface area contributed by atoms with E-state index in [-0.39, 0.29) is 17.9 Å². The molecule has 0 saturated carbocycles. The molecule has 2 amide bonds. The summed E-state index contributed by atoms with van der Waals surface area (Å²) in [6.45, 7) is 3.92. The Labute approximate surface area is 170 Å². The number of anilines is 2. The van der Waals surface area contributed by atoms with E-state index in [4.69, 9.17) is 4.74 Å². The Bertz CT molecular complexity index is 941. The van der Waals surface area contributed by atoms with Crippen LogP contribution in [0.15, 0.2) is 54.6 Å². The number of hydrogen-bond acceptors (Lipinski definition) is 5. The van der Waals surface area contributed by atoms with Gasteiger partial charge in [0.05, 0.1) is 24.6 Å². The molecule has 0 unspecified atom stereocenters. The van der Waals surface area contributed by atoms with Crippen LogP contribution in [0, 0.1) is 18.8 Å². The molecular weight excluding hydrogens is 368 g/mol. The summed E-state index contributed by atoms with van der Waals surface area (Å²) in [7, 11) is 1.32. The van der Waals surface area contributed by atoms with Crippen molar-refractivity contribution in [2.75, 3.05) is 16.9 Å². The van der Waals surface area contributed by atoms with E-state index in [1.165, 1.54) is 12.0 Å². The van der Waals surface area contributed by atoms with Crippen molar-refractivity contribution in [3.8, 4) is 0 Å². The van der Waals surface area contributed by atoms with Gasteiger partial charge in [-0.25, -0.2) is 9.69 Å². The first kappa shape index (κ1) is 19.2. The third-order valence-electron chi connectivity index (χ3n) is 6.02. The molecule has 2 aliphatic heterocycles. The van der Waals surface area contributed by atoms with Crippen molar-refractivity contribution >= 4 is 29.2 Å². The fourth-order valence-corrected chi connectivity index (χ4v) is 4.73. The van der Waals surface area contributed by atoms with E-state index in [1.807, 2.05) is 61.2 Å². The standard InChI is InChI=1S/C23H24N2O4/c1-4-17-18-19(20(23(28)29-3)24(17)15-8-6-5-7-9-15)22(27)25(21(18)26)16-12-10-14(2)11-13-16/h5-13,17-20H,4H2,1-3H3/t17-,18-,19-,20+/m0/s1. The number of amides is 2. The largest absolute Gasteiger partial charge is 0.467 e. The maximum absolute atomic E-state index is 13.4. The van der Waals surface area contributed by atoms with E-state index in [0.717, 1.165) is 11.3 Å². The number of para-hydroxylation sites is 1. The summed E-state index contributed by atoms with van der Waals surface area (Å²) in [6, 6.07) is 15.6. The Balaban J connectivity index is 1.80. The number of aryl methyl sites for hydroxylation is 1. The van der Waals surface area contributed by atoms with Crippen molar-refractivity contribution in [1.29, 1.82) is 0 Å². The number of ether oxygens (including phenoxy) is 1. The van der Waals surface area contributed by atoms with Gasteiger partial charge in [0.15, 0.2) is 0 Å². The number of carbonyl (C=O) groups excluding carboxylic acids is 3. The fraction of sp³-hybridized carbons (Fsp3) is 0.348. The number of fused-ring (bicyclic) bond motifs is 1. The van der Waals surface area contributed by atoms with Gasteiger partial charge in [0.2, 0.25) is 11.8 Å². The molecule has 6 heteroatoms. The van der Waals surface area contributed by atoms with Crippen LogP contribution in [0.1, 0.15) is 18.9 Å². The third-order valence-corrected chi connectivity index (χ3v) is 6.02. The molecule has 0 bridgehead atoms.